The minimum absolute atomic E-state index is 0.0760. The van der Waals surface area contributed by atoms with Gasteiger partial charge >= 0.3 is 0 Å². The van der Waals surface area contributed by atoms with E-state index in [-0.39, 0.29) is 27.4 Å². The van der Waals surface area contributed by atoms with Crippen LogP contribution < -0.4 is 0 Å². The zero-order valence-electron chi connectivity index (χ0n) is 26.2. The summed E-state index contributed by atoms with van der Waals surface area (Å²) >= 11 is 0. The molecule has 0 saturated heterocycles. The van der Waals surface area contributed by atoms with Crippen LogP contribution in [0.25, 0.3) is 0 Å². The summed E-state index contributed by atoms with van der Waals surface area (Å²) < 4.78 is 12.1. The van der Waals surface area contributed by atoms with Gasteiger partial charge in [0.25, 0.3) is 0 Å². The predicted octanol–water partition coefficient (Wildman–Crippen LogP) is 7.75. The molecule has 39 heavy (non-hydrogen) atoms. The lowest BCUT2D eigenvalue weighted by molar-refractivity contribution is -0.222. The summed E-state index contributed by atoms with van der Waals surface area (Å²) in [6.45, 7) is 24.1. The molecule has 1 N–H and O–H groups in total. The molecule has 0 amide bonds. The normalized spacial score (nSPS) is 46.7. The largest absolute Gasteiger partial charge is 0.396 e. The molecule has 3 unspecified atom stereocenters. The highest BCUT2D eigenvalue weighted by atomic mass is 16.7. The molecule has 4 nitrogen and oxygen atoms in total. The van der Waals surface area contributed by atoms with E-state index in [1.54, 1.807) is 0 Å². The molecule has 5 aliphatic rings. The van der Waals surface area contributed by atoms with Gasteiger partial charge in [-0.25, -0.2) is 0 Å². The van der Waals surface area contributed by atoms with Crippen molar-refractivity contribution in [1.29, 1.82) is 0 Å². The van der Waals surface area contributed by atoms with E-state index in [4.69, 9.17) is 9.47 Å². The van der Waals surface area contributed by atoms with Gasteiger partial charge in [0.15, 0.2) is 12.1 Å². The van der Waals surface area contributed by atoms with Gasteiger partial charge in [0.2, 0.25) is 0 Å². The van der Waals surface area contributed by atoms with E-state index in [2.05, 4.69) is 54.2 Å². The molecular formula is C35H56O4. The van der Waals surface area contributed by atoms with Crippen molar-refractivity contribution in [3.8, 4) is 0 Å². The van der Waals surface area contributed by atoms with Crippen LogP contribution in [-0.2, 0) is 14.3 Å². The van der Waals surface area contributed by atoms with Gasteiger partial charge in [-0.1, -0.05) is 52.8 Å². The standard InChI is InChI=1S/C35H56O4/c1-10-38-30(39-11-2)24-20-32(7)26(31(5,6)29(24)37)15-16-34(9)27(32)13-12-25-28-23(22(3)4)14-17-35(28,21-36)19-18-33(25,34)8/h20,23,25-28,30,36H,3,10-19,21H2,1-2,4-9H3/t23-,25+,26?,27?,28?,32-,33+,34+,35+/m0/s1. The van der Waals surface area contributed by atoms with Gasteiger partial charge in [0.1, 0.15) is 0 Å². The number of aliphatic hydroxyl groups is 1. The van der Waals surface area contributed by atoms with Gasteiger partial charge < -0.3 is 14.6 Å². The third-order valence-electron chi connectivity index (χ3n) is 13.8. The van der Waals surface area contributed by atoms with E-state index in [0.29, 0.717) is 49.4 Å². The Bertz CT molecular complexity index is 1020. The number of fused-ring (bicyclic) bond motifs is 7. The van der Waals surface area contributed by atoms with Crippen molar-refractivity contribution in [3.63, 3.8) is 0 Å². The third kappa shape index (κ3) is 3.89. The molecule has 0 radical (unpaired) electrons. The fourth-order valence-electron chi connectivity index (χ4n) is 11.8. The molecule has 0 aromatic heterocycles. The fourth-order valence-corrected chi connectivity index (χ4v) is 11.8. The van der Waals surface area contributed by atoms with Crippen LogP contribution in [-0.4, -0.2) is 37.0 Å². The maximum Gasteiger partial charge on any atom is 0.186 e. The Morgan fingerprint density at radius 1 is 0.949 bits per heavy atom. The number of carbonyl (C=O) groups is 1. The number of allylic oxidation sites excluding steroid dienone is 2. The van der Waals surface area contributed by atoms with Crippen LogP contribution in [0, 0.1) is 56.7 Å². The van der Waals surface area contributed by atoms with Gasteiger partial charge in [-0.2, -0.15) is 0 Å². The summed E-state index contributed by atoms with van der Waals surface area (Å²) in [5, 5.41) is 10.8. The van der Waals surface area contributed by atoms with Gasteiger partial charge in [0, 0.05) is 30.8 Å². The number of hydrogen-bond acceptors (Lipinski definition) is 4. The minimum atomic E-state index is -0.584. The highest BCUT2D eigenvalue weighted by Gasteiger charge is 2.70. The van der Waals surface area contributed by atoms with E-state index in [1.165, 1.54) is 37.7 Å². The highest BCUT2D eigenvalue weighted by molar-refractivity contribution is 6.01. The lowest BCUT2D eigenvalue weighted by Crippen LogP contribution is -2.66. The first-order chi connectivity index (χ1) is 18.3. The molecule has 5 aliphatic carbocycles. The molecule has 5 rings (SSSR count). The molecule has 0 aliphatic heterocycles. The maximum atomic E-state index is 14.0. The summed E-state index contributed by atoms with van der Waals surface area (Å²) in [6, 6.07) is 0. The van der Waals surface area contributed by atoms with Crippen LogP contribution in [0.2, 0.25) is 0 Å². The number of carbonyl (C=O) groups excluding carboxylic acids is 1. The molecule has 220 valence electrons. The molecule has 4 fully saturated rings. The Morgan fingerprint density at radius 3 is 2.21 bits per heavy atom. The first-order valence-corrected chi connectivity index (χ1v) is 16.0. The lowest BCUT2D eigenvalue weighted by Gasteiger charge is -2.71. The van der Waals surface area contributed by atoms with Gasteiger partial charge in [-0.05, 0) is 123 Å². The zero-order chi connectivity index (χ0) is 28.6. The summed E-state index contributed by atoms with van der Waals surface area (Å²) in [4.78, 5) is 14.0. The second-order valence-corrected chi connectivity index (χ2v) is 15.5. The molecular weight excluding hydrogens is 484 g/mol. The fraction of sp³-hybridized carbons (Fsp3) is 0.857. The van der Waals surface area contributed by atoms with Crippen LogP contribution in [0.5, 0.6) is 0 Å². The number of Topliss-reactive ketones (excluding diaryl/α,β-unsaturated/α-hetero) is 1. The number of ether oxygens (including phenoxy) is 2. The Labute approximate surface area is 238 Å². The highest BCUT2D eigenvalue weighted by Crippen LogP contribution is 2.77. The predicted molar refractivity (Wildman–Crippen MR) is 157 cm³/mol. The van der Waals surface area contributed by atoms with Crippen LogP contribution in [0.1, 0.15) is 107 Å². The van der Waals surface area contributed by atoms with Crippen molar-refractivity contribution in [2.24, 2.45) is 56.7 Å². The van der Waals surface area contributed by atoms with Crippen molar-refractivity contribution in [2.75, 3.05) is 19.8 Å². The van der Waals surface area contributed by atoms with Crippen molar-refractivity contribution in [1.82, 2.24) is 0 Å². The molecule has 4 heteroatoms. The Balaban J connectivity index is 1.59. The maximum absolute atomic E-state index is 14.0. The monoisotopic (exact) mass is 540 g/mol. The van der Waals surface area contributed by atoms with E-state index in [1.807, 2.05) is 13.8 Å². The lowest BCUT2D eigenvalue weighted by atomic mass is 9.32. The summed E-state index contributed by atoms with van der Waals surface area (Å²) in [5.41, 5.74) is 2.00. The second-order valence-electron chi connectivity index (χ2n) is 15.5. The van der Waals surface area contributed by atoms with Crippen molar-refractivity contribution in [3.05, 3.63) is 23.8 Å². The Morgan fingerprint density at radius 2 is 1.62 bits per heavy atom. The summed E-state index contributed by atoms with van der Waals surface area (Å²) in [5.74, 6) is 2.72. The van der Waals surface area contributed by atoms with Crippen LogP contribution >= 0.6 is 0 Å². The molecule has 0 aromatic carbocycles. The average Bonchev–Trinajstić information content (AvgIpc) is 3.27. The molecule has 4 saturated carbocycles. The topological polar surface area (TPSA) is 55.8 Å². The van der Waals surface area contributed by atoms with Crippen molar-refractivity contribution < 1.29 is 19.4 Å². The van der Waals surface area contributed by atoms with E-state index in [0.717, 1.165) is 24.8 Å². The minimum Gasteiger partial charge on any atom is -0.396 e. The number of rotatable bonds is 7. The van der Waals surface area contributed by atoms with E-state index < -0.39 is 11.7 Å². The van der Waals surface area contributed by atoms with Gasteiger partial charge in [0.05, 0.1) is 0 Å². The van der Waals surface area contributed by atoms with E-state index >= 15 is 0 Å². The number of hydrogen-bond donors (Lipinski definition) is 1. The average molecular weight is 541 g/mol. The van der Waals surface area contributed by atoms with Gasteiger partial charge in [-0.15, -0.1) is 0 Å². The Hall–Kier alpha value is -0.970. The molecule has 0 spiro atoms. The quantitative estimate of drug-likeness (QED) is 0.265. The van der Waals surface area contributed by atoms with Crippen LogP contribution in [0.15, 0.2) is 23.8 Å². The number of ketones is 1. The number of aliphatic hydroxyl groups excluding tert-OH is 1. The van der Waals surface area contributed by atoms with E-state index in [9.17, 15) is 9.90 Å². The zero-order valence-corrected chi connectivity index (χ0v) is 26.2. The van der Waals surface area contributed by atoms with Crippen molar-refractivity contribution in [2.45, 2.75) is 113 Å². The SMILES string of the molecule is C=C(C)[C@@H]1CC[C@]2(CO)CC[C@]3(C)[C@H](CCC4[C@@]5(C)C=C(C(OCC)OCC)C(=O)C(C)(C)C5CC[C@]43C)C12. The molecule has 0 aromatic rings. The molecule has 9 atom stereocenters. The van der Waals surface area contributed by atoms with Crippen molar-refractivity contribution >= 4 is 5.78 Å². The second kappa shape index (κ2) is 9.80. The van der Waals surface area contributed by atoms with Gasteiger partial charge in [-0.3, -0.25) is 4.79 Å². The summed E-state index contributed by atoms with van der Waals surface area (Å²) in [6.07, 6.45) is 11.1. The smallest absolute Gasteiger partial charge is 0.186 e. The molecule has 0 heterocycles. The molecule has 0 bridgehead atoms. The van der Waals surface area contributed by atoms with Crippen LogP contribution in [0.3, 0.4) is 0 Å². The first kappa shape index (κ1) is 29.5. The Kier molecular flexibility index (Phi) is 7.42. The third-order valence-corrected chi connectivity index (χ3v) is 13.8. The first-order valence-electron chi connectivity index (χ1n) is 16.0. The van der Waals surface area contributed by atoms with Crippen LogP contribution in [0.4, 0.5) is 0 Å². The summed E-state index contributed by atoms with van der Waals surface area (Å²) in [7, 11) is 0.